The standard InChI is InChI=1S/C32H44Cl2N10O/c1-31-16-15-21(19-26(31)45)32(31,2)20-40-30(42-25-13-9-23(34)10-14-25)44-28(36)39-18-6-4-3-5-17-38-27(35)43-29(37)41-24-11-7-22(33)8-12-24/h7-14,21H,3-6,15-20H2,1-2H3,(H5,35,37,38,41,43)(H4,36,39,40,42,44). The molecule has 45 heavy (non-hydrogen) atoms. The van der Waals surface area contributed by atoms with Crippen LogP contribution >= 0.6 is 23.2 Å². The largest absolute Gasteiger partial charge is 0.356 e. The van der Waals surface area contributed by atoms with E-state index in [1.165, 1.54) is 0 Å². The first-order valence-corrected chi connectivity index (χ1v) is 16.1. The van der Waals surface area contributed by atoms with Crippen LogP contribution in [-0.2, 0) is 4.79 Å². The van der Waals surface area contributed by atoms with Gasteiger partial charge in [-0.1, -0.05) is 49.9 Å². The second kappa shape index (κ2) is 15.4. The van der Waals surface area contributed by atoms with Crippen molar-refractivity contribution in [2.24, 2.45) is 21.7 Å². The van der Waals surface area contributed by atoms with Crippen LogP contribution in [0, 0.1) is 33.0 Å². The summed E-state index contributed by atoms with van der Waals surface area (Å²) in [4.78, 5) is 17.6. The van der Waals surface area contributed by atoms with E-state index >= 15 is 0 Å². The number of unbranched alkanes of at least 4 members (excludes halogenated alkanes) is 3. The smallest absolute Gasteiger partial charge is 0.202 e. The van der Waals surface area contributed by atoms with Crippen molar-refractivity contribution < 1.29 is 4.79 Å². The number of halogens is 2. The average Bonchev–Trinajstić information content (AvgIpc) is 3.35. The summed E-state index contributed by atoms with van der Waals surface area (Å²) < 4.78 is 0. The maximum absolute atomic E-state index is 12.7. The lowest BCUT2D eigenvalue weighted by Gasteiger charge is -2.35. The molecule has 242 valence electrons. The topological polar surface area (TPSA) is 173 Å². The molecule has 2 fully saturated rings. The lowest BCUT2D eigenvalue weighted by Crippen LogP contribution is -2.45. The summed E-state index contributed by atoms with van der Waals surface area (Å²) in [6.07, 6.45) is 6.29. The molecule has 2 aliphatic carbocycles. The number of benzene rings is 2. The number of hydrogen-bond donors (Lipinski definition) is 9. The van der Waals surface area contributed by atoms with Gasteiger partial charge in [0.1, 0.15) is 5.78 Å². The molecule has 2 aromatic rings. The normalized spacial score (nSPS) is 22.1. The molecule has 9 N–H and O–H groups in total. The number of nitrogens with zero attached hydrogens (tertiary/aromatic N) is 1. The zero-order chi connectivity index (χ0) is 32.5. The predicted octanol–water partition coefficient (Wildman–Crippen LogP) is 5.99. The fourth-order valence-electron chi connectivity index (χ4n) is 6.15. The number of anilines is 2. The molecule has 11 nitrogen and oxygen atoms in total. The first-order valence-electron chi connectivity index (χ1n) is 15.4. The Morgan fingerprint density at radius 2 is 1.33 bits per heavy atom. The molecule has 2 saturated carbocycles. The molecule has 0 radical (unpaired) electrons. The van der Waals surface area contributed by atoms with Crippen molar-refractivity contribution >= 4 is 64.2 Å². The van der Waals surface area contributed by atoms with E-state index in [-0.39, 0.29) is 28.7 Å². The quantitative estimate of drug-likeness (QED) is 0.0812. The van der Waals surface area contributed by atoms with Crippen LogP contribution in [0.15, 0.2) is 53.5 Å². The lowest BCUT2D eigenvalue weighted by atomic mass is 9.69. The van der Waals surface area contributed by atoms with Crippen LogP contribution in [0.5, 0.6) is 0 Å². The van der Waals surface area contributed by atoms with Crippen molar-refractivity contribution in [2.45, 2.75) is 58.8 Å². The van der Waals surface area contributed by atoms with E-state index in [1.807, 2.05) is 12.1 Å². The van der Waals surface area contributed by atoms with Gasteiger partial charge in [0.25, 0.3) is 0 Å². The van der Waals surface area contributed by atoms with Crippen LogP contribution < -0.4 is 31.9 Å². The molecule has 2 aliphatic rings. The third kappa shape index (κ3) is 9.11. The molecule has 2 bridgehead atoms. The number of carbonyl (C=O) groups excluding carboxylic acids is 1. The summed E-state index contributed by atoms with van der Waals surface area (Å²) in [5, 5.41) is 43.6. The first kappa shape index (κ1) is 34.1. The van der Waals surface area contributed by atoms with Gasteiger partial charge in [0.2, 0.25) is 5.96 Å². The Hall–Kier alpha value is -3.83. The number of aliphatic imine (C=N–C) groups is 1. The van der Waals surface area contributed by atoms with Crippen LogP contribution in [0.25, 0.3) is 0 Å². The molecule has 4 rings (SSSR count). The molecular weight excluding hydrogens is 611 g/mol. The van der Waals surface area contributed by atoms with Crippen molar-refractivity contribution in [3.63, 3.8) is 0 Å². The van der Waals surface area contributed by atoms with Crippen molar-refractivity contribution in [3.8, 4) is 0 Å². The average molecular weight is 656 g/mol. The molecule has 0 spiro atoms. The minimum Gasteiger partial charge on any atom is -0.356 e. The summed E-state index contributed by atoms with van der Waals surface area (Å²) >= 11 is 11.9. The van der Waals surface area contributed by atoms with Gasteiger partial charge in [0.15, 0.2) is 17.9 Å². The Labute approximate surface area is 275 Å². The Bertz CT molecular complexity index is 1400. The van der Waals surface area contributed by atoms with Crippen LogP contribution in [0.2, 0.25) is 10.0 Å². The fourth-order valence-corrected chi connectivity index (χ4v) is 6.40. The molecule has 0 aromatic heterocycles. The summed E-state index contributed by atoms with van der Waals surface area (Å²) in [6, 6.07) is 14.3. The molecule has 0 heterocycles. The summed E-state index contributed by atoms with van der Waals surface area (Å²) in [7, 11) is 0. The molecule has 13 heteroatoms. The van der Waals surface area contributed by atoms with Crippen molar-refractivity contribution in [1.82, 2.24) is 21.3 Å². The van der Waals surface area contributed by atoms with Gasteiger partial charge in [0, 0.05) is 58.3 Å². The number of fused-ring (bicyclic) bond motifs is 2. The molecular formula is C32H44Cl2N10O. The van der Waals surface area contributed by atoms with E-state index in [2.05, 4.69) is 45.7 Å². The van der Waals surface area contributed by atoms with Crippen LogP contribution in [0.1, 0.15) is 58.8 Å². The highest BCUT2D eigenvalue weighted by Gasteiger charge is 2.63. The van der Waals surface area contributed by atoms with E-state index in [1.54, 1.807) is 36.4 Å². The highest BCUT2D eigenvalue weighted by atomic mass is 35.5. The van der Waals surface area contributed by atoms with Gasteiger partial charge in [-0.2, -0.15) is 0 Å². The number of rotatable bonds is 11. The molecule has 0 amide bonds. The van der Waals surface area contributed by atoms with Crippen LogP contribution in [-0.4, -0.2) is 49.3 Å². The van der Waals surface area contributed by atoms with E-state index in [4.69, 9.17) is 44.4 Å². The third-order valence-electron chi connectivity index (χ3n) is 9.19. The Balaban J connectivity index is 1.15. The van der Waals surface area contributed by atoms with Crippen LogP contribution in [0.4, 0.5) is 11.4 Å². The van der Waals surface area contributed by atoms with Gasteiger partial charge < -0.3 is 21.3 Å². The first-order chi connectivity index (χ1) is 21.5. The second-order valence-corrected chi connectivity index (χ2v) is 13.1. The van der Waals surface area contributed by atoms with Gasteiger partial charge in [-0.3, -0.25) is 36.6 Å². The molecule has 3 unspecified atom stereocenters. The SMILES string of the molecule is CC12CCC(CC1=O)C2(C)C/N=C(/NC(=N)NCCCCCCNC(=N)NC(=N)Nc1ccc(Cl)cc1)Nc1ccc(Cl)cc1. The Kier molecular flexibility index (Phi) is 11.7. The van der Waals surface area contributed by atoms with Gasteiger partial charge in [-0.15, -0.1) is 0 Å². The number of carbonyl (C=O) groups is 1. The molecule has 0 saturated heterocycles. The minimum absolute atomic E-state index is 0.00208. The number of guanidine groups is 4. The zero-order valence-electron chi connectivity index (χ0n) is 25.9. The van der Waals surface area contributed by atoms with E-state index < -0.39 is 0 Å². The molecule has 0 aliphatic heterocycles. The maximum Gasteiger partial charge on any atom is 0.202 e. The van der Waals surface area contributed by atoms with Gasteiger partial charge in [0.05, 0.1) is 0 Å². The van der Waals surface area contributed by atoms with E-state index in [0.717, 1.165) is 44.2 Å². The van der Waals surface area contributed by atoms with Crippen molar-refractivity contribution in [2.75, 3.05) is 30.3 Å². The number of Topliss-reactive ketones (excluding diaryl/α,β-unsaturated/α-hetero) is 1. The summed E-state index contributed by atoms with van der Waals surface area (Å²) in [5.41, 5.74) is 0.961. The summed E-state index contributed by atoms with van der Waals surface area (Å²) in [6.45, 7) is 6.02. The number of ketones is 1. The lowest BCUT2D eigenvalue weighted by molar-refractivity contribution is -0.128. The molecule has 3 atom stereocenters. The molecule has 2 aromatic carbocycles. The van der Waals surface area contributed by atoms with Crippen LogP contribution in [0.3, 0.4) is 0 Å². The predicted molar refractivity (Wildman–Crippen MR) is 185 cm³/mol. The second-order valence-electron chi connectivity index (χ2n) is 12.2. The monoisotopic (exact) mass is 654 g/mol. The Morgan fingerprint density at radius 1 is 0.800 bits per heavy atom. The maximum atomic E-state index is 12.7. The Morgan fingerprint density at radius 3 is 1.84 bits per heavy atom. The highest BCUT2D eigenvalue weighted by molar-refractivity contribution is 6.31. The van der Waals surface area contributed by atoms with Crippen molar-refractivity contribution in [3.05, 3.63) is 58.6 Å². The number of nitrogens with one attached hydrogen (secondary N) is 9. The van der Waals surface area contributed by atoms with E-state index in [0.29, 0.717) is 59.4 Å². The van der Waals surface area contributed by atoms with Crippen molar-refractivity contribution in [1.29, 1.82) is 16.2 Å². The summed E-state index contributed by atoms with van der Waals surface area (Å²) in [5.74, 6) is 1.35. The zero-order valence-corrected chi connectivity index (χ0v) is 27.4. The third-order valence-corrected chi connectivity index (χ3v) is 9.69. The van der Waals surface area contributed by atoms with Gasteiger partial charge >= 0.3 is 0 Å². The minimum atomic E-state index is -0.344. The highest BCUT2D eigenvalue weighted by Crippen LogP contribution is 2.63. The number of hydrogen-bond acceptors (Lipinski definition) is 5. The van der Waals surface area contributed by atoms with Gasteiger partial charge in [-0.05, 0) is 80.1 Å². The van der Waals surface area contributed by atoms with E-state index in [9.17, 15) is 4.79 Å². The van der Waals surface area contributed by atoms with Gasteiger partial charge in [-0.25, -0.2) is 0 Å². The fraction of sp³-hybridized carbons (Fsp3) is 0.469.